The van der Waals surface area contributed by atoms with Crippen molar-refractivity contribution >= 4 is 21.6 Å². The number of hydrogen-bond donors (Lipinski definition) is 1. The van der Waals surface area contributed by atoms with Crippen LogP contribution in [0.3, 0.4) is 0 Å². The third-order valence-electron chi connectivity index (χ3n) is 5.33. The minimum atomic E-state index is -3.56. The van der Waals surface area contributed by atoms with Crippen molar-refractivity contribution in [3.05, 3.63) is 23.8 Å². The van der Waals surface area contributed by atoms with Gasteiger partial charge in [-0.05, 0) is 50.5 Å². The summed E-state index contributed by atoms with van der Waals surface area (Å²) in [6, 6.07) is 5.02. The molecule has 1 amide bonds. The van der Waals surface area contributed by atoms with Crippen LogP contribution >= 0.6 is 0 Å². The lowest BCUT2D eigenvalue weighted by atomic mass is 9.86. The average Bonchev–Trinajstić information content (AvgIpc) is 2.74. The molecule has 1 aliphatic carbocycles. The number of nitrogens with zero attached hydrogens (tertiary/aromatic N) is 1. The maximum absolute atomic E-state index is 12.8. The number of anilines is 1. The summed E-state index contributed by atoms with van der Waals surface area (Å²) in [5.41, 5.74) is 0.870. The number of carbonyl (C=O) groups is 1. The third kappa shape index (κ3) is 2.97. The molecule has 0 atom stereocenters. The predicted octanol–water partition coefficient (Wildman–Crippen LogP) is 2.94. The topological polar surface area (TPSA) is 66.5 Å². The highest BCUT2D eigenvalue weighted by Gasteiger charge is 2.42. The van der Waals surface area contributed by atoms with Gasteiger partial charge in [0.1, 0.15) is 0 Å². The van der Waals surface area contributed by atoms with E-state index in [2.05, 4.69) is 4.72 Å². The van der Waals surface area contributed by atoms with Gasteiger partial charge in [0.05, 0.1) is 10.3 Å². The summed E-state index contributed by atoms with van der Waals surface area (Å²) in [4.78, 5) is 14.2. The van der Waals surface area contributed by atoms with Crippen molar-refractivity contribution < 1.29 is 13.2 Å². The van der Waals surface area contributed by atoms with Gasteiger partial charge in [-0.1, -0.05) is 25.7 Å². The van der Waals surface area contributed by atoms with Crippen molar-refractivity contribution in [1.82, 2.24) is 4.72 Å². The van der Waals surface area contributed by atoms with E-state index in [0.29, 0.717) is 0 Å². The van der Waals surface area contributed by atoms with E-state index < -0.39 is 15.4 Å². The van der Waals surface area contributed by atoms with Crippen LogP contribution in [-0.4, -0.2) is 27.4 Å². The molecule has 0 radical (unpaired) electrons. The Balaban J connectivity index is 1.90. The number of fused-ring (bicyclic) bond motifs is 1. The van der Waals surface area contributed by atoms with Crippen LogP contribution in [0.15, 0.2) is 23.1 Å². The summed E-state index contributed by atoms with van der Waals surface area (Å²) in [6.45, 7) is 3.68. The van der Waals surface area contributed by atoms with Crippen LogP contribution in [0.4, 0.5) is 5.69 Å². The Labute approximate surface area is 144 Å². The van der Waals surface area contributed by atoms with Gasteiger partial charge in [0.15, 0.2) is 0 Å². The third-order valence-corrected chi connectivity index (χ3v) is 6.85. The number of amides is 1. The van der Waals surface area contributed by atoms with Crippen LogP contribution in [0.25, 0.3) is 0 Å². The Morgan fingerprint density at radius 2 is 1.75 bits per heavy atom. The predicted molar refractivity (Wildman–Crippen MR) is 94.7 cm³/mol. The van der Waals surface area contributed by atoms with Crippen molar-refractivity contribution in [3.8, 4) is 0 Å². The molecule has 1 heterocycles. The van der Waals surface area contributed by atoms with Crippen molar-refractivity contribution in [3.63, 3.8) is 0 Å². The highest BCUT2D eigenvalue weighted by Crippen LogP contribution is 2.41. The molecule has 132 valence electrons. The van der Waals surface area contributed by atoms with Crippen LogP contribution in [0, 0.1) is 0 Å². The fourth-order valence-corrected chi connectivity index (χ4v) is 5.13. The van der Waals surface area contributed by atoms with E-state index in [0.717, 1.165) is 36.9 Å². The molecule has 2 aliphatic rings. The standard InChI is InChI=1S/C18H26N2O3S/c1-18(2)15-12-14(10-11-16(15)20(3)17(18)21)24(22,23)19-13-8-6-4-5-7-9-13/h10-13,19H,4-9H2,1-3H3. The van der Waals surface area contributed by atoms with E-state index in [9.17, 15) is 13.2 Å². The summed E-state index contributed by atoms with van der Waals surface area (Å²) < 4.78 is 28.4. The molecule has 24 heavy (non-hydrogen) atoms. The van der Waals surface area contributed by atoms with Crippen LogP contribution in [0.1, 0.15) is 57.9 Å². The molecule has 3 rings (SSSR count). The van der Waals surface area contributed by atoms with Gasteiger partial charge in [-0.2, -0.15) is 0 Å². The number of sulfonamides is 1. The van der Waals surface area contributed by atoms with Gasteiger partial charge < -0.3 is 4.90 Å². The SMILES string of the molecule is CN1C(=O)C(C)(C)c2cc(S(=O)(=O)NC3CCCCCC3)ccc21. The minimum Gasteiger partial charge on any atom is -0.314 e. The summed E-state index contributed by atoms with van der Waals surface area (Å²) in [7, 11) is -1.83. The molecular formula is C18H26N2O3S. The lowest BCUT2D eigenvalue weighted by Crippen LogP contribution is -2.34. The van der Waals surface area contributed by atoms with Crippen LogP contribution in [-0.2, 0) is 20.2 Å². The second kappa shape index (κ2) is 6.15. The molecular weight excluding hydrogens is 324 g/mol. The fraction of sp³-hybridized carbons (Fsp3) is 0.611. The molecule has 0 aromatic heterocycles. The lowest BCUT2D eigenvalue weighted by Gasteiger charge is -2.18. The Bertz CT molecular complexity index is 748. The van der Waals surface area contributed by atoms with Crippen molar-refractivity contribution in [2.45, 2.75) is 68.7 Å². The summed E-state index contributed by atoms with van der Waals surface area (Å²) >= 11 is 0. The monoisotopic (exact) mass is 350 g/mol. The van der Waals surface area contributed by atoms with Gasteiger partial charge in [0.25, 0.3) is 0 Å². The molecule has 0 bridgehead atoms. The molecule has 6 heteroatoms. The number of likely N-dealkylation sites (N-methyl/N-ethyl adjacent to an activating group) is 1. The Kier molecular flexibility index (Phi) is 4.47. The molecule has 0 spiro atoms. The summed E-state index contributed by atoms with van der Waals surface area (Å²) in [6.07, 6.45) is 6.31. The Hall–Kier alpha value is -1.40. The Morgan fingerprint density at radius 1 is 1.12 bits per heavy atom. The average molecular weight is 350 g/mol. The fourth-order valence-electron chi connectivity index (χ4n) is 3.80. The van der Waals surface area contributed by atoms with Gasteiger partial charge in [-0.15, -0.1) is 0 Å². The van der Waals surface area contributed by atoms with E-state index in [1.165, 1.54) is 12.8 Å². The number of benzene rings is 1. The van der Waals surface area contributed by atoms with E-state index >= 15 is 0 Å². The summed E-state index contributed by atoms with van der Waals surface area (Å²) in [5, 5.41) is 0. The number of rotatable bonds is 3. The number of hydrogen-bond acceptors (Lipinski definition) is 3. The van der Waals surface area contributed by atoms with Gasteiger partial charge in [0.2, 0.25) is 15.9 Å². The first-order valence-electron chi connectivity index (χ1n) is 8.68. The first-order chi connectivity index (χ1) is 11.2. The minimum absolute atomic E-state index is 0.0104. The quantitative estimate of drug-likeness (QED) is 0.852. The van der Waals surface area contributed by atoms with Gasteiger partial charge in [-0.25, -0.2) is 13.1 Å². The smallest absolute Gasteiger partial charge is 0.240 e. The molecule has 1 fully saturated rings. The first kappa shape index (κ1) is 17.4. The molecule has 1 aliphatic heterocycles. The second-order valence-corrected chi connectivity index (χ2v) is 9.19. The Morgan fingerprint density at radius 3 is 2.38 bits per heavy atom. The largest absolute Gasteiger partial charge is 0.314 e. The van der Waals surface area contributed by atoms with Gasteiger partial charge in [0, 0.05) is 18.8 Å². The molecule has 5 nitrogen and oxygen atoms in total. The van der Waals surface area contributed by atoms with Crippen molar-refractivity contribution in [2.75, 3.05) is 11.9 Å². The zero-order valence-electron chi connectivity index (χ0n) is 14.6. The number of nitrogens with one attached hydrogen (secondary N) is 1. The van der Waals surface area contributed by atoms with Gasteiger partial charge in [-0.3, -0.25) is 4.79 Å². The van der Waals surface area contributed by atoms with Crippen LogP contribution in [0.5, 0.6) is 0 Å². The van der Waals surface area contributed by atoms with Crippen LogP contribution < -0.4 is 9.62 Å². The summed E-state index contributed by atoms with van der Waals surface area (Å²) in [5.74, 6) is -0.0104. The van der Waals surface area contributed by atoms with E-state index in [-0.39, 0.29) is 16.8 Å². The molecule has 1 aromatic rings. The molecule has 1 saturated carbocycles. The highest BCUT2D eigenvalue weighted by molar-refractivity contribution is 7.89. The van der Waals surface area contributed by atoms with Crippen molar-refractivity contribution in [2.24, 2.45) is 0 Å². The molecule has 0 saturated heterocycles. The van der Waals surface area contributed by atoms with Gasteiger partial charge >= 0.3 is 0 Å². The highest BCUT2D eigenvalue weighted by atomic mass is 32.2. The molecule has 1 aromatic carbocycles. The lowest BCUT2D eigenvalue weighted by molar-refractivity contribution is -0.121. The first-order valence-corrected chi connectivity index (χ1v) is 10.2. The van der Waals surface area contributed by atoms with Crippen molar-refractivity contribution in [1.29, 1.82) is 0 Å². The number of carbonyl (C=O) groups excluding carboxylic acids is 1. The van der Waals surface area contributed by atoms with Crippen LogP contribution in [0.2, 0.25) is 0 Å². The van der Waals surface area contributed by atoms with E-state index in [4.69, 9.17) is 0 Å². The second-order valence-electron chi connectivity index (χ2n) is 7.48. The maximum Gasteiger partial charge on any atom is 0.240 e. The molecule has 1 N–H and O–H groups in total. The van der Waals surface area contributed by atoms with E-state index in [1.54, 1.807) is 30.1 Å². The maximum atomic E-state index is 12.8. The van der Waals surface area contributed by atoms with E-state index in [1.807, 2.05) is 13.8 Å². The molecule has 0 unspecified atom stereocenters. The zero-order chi connectivity index (χ0) is 17.5. The normalized spacial score (nSPS) is 21.6. The zero-order valence-corrected chi connectivity index (χ0v) is 15.4.